The summed E-state index contributed by atoms with van der Waals surface area (Å²) in [5, 5.41) is 23.4. The van der Waals surface area contributed by atoms with Gasteiger partial charge in [0.1, 0.15) is 6.04 Å². The van der Waals surface area contributed by atoms with E-state index in [1.54, 1.807) is 0 Å². The smallest absolute Gasteiger partial charge is 0.272 e. The van der Waals surface area contributed by atoms with E-state index in [4.69, 9.17) is 0 Å². The average molecular weight is 378 g/mol. The van der Waals surface area contributed by atoms with E-state index in [-0.39, 0.29) is 37.9 Å². The average Bonchev–Trinajstić information content (AvgIpc) is 2.44. The molecule has 6 nitrogen and oxygen atoms in total. The summed E-state index contributed by atoms with van der Waals surface area (Å²) < 4.78 is 40.3. The normalized spacial score (nSPS) is 16.3. The van der Waals surface area contributed by atoms with Crippen molar-refractivity contribution in [3.63, 3.8) is 0 Å². The van der Waals surface area contributed by atoms with E-state index in [0.29, 0.717) is 19.2 Å². The summed E-state index contributed by atoms with van der Waals surface area (Å²) in [4.78, 5) is 11.2. The summed E-state index contributed by atoms with van der Waals surface area (Å²) in [5.74, 6) is -2.25. The first-order chi connectivity index (χ1) is 9.91. The minimum atomic E-state index is -2.91. The zero-order valence-corrected chi connectivity index (χ0v) is 13.4. The lowest BCUT2D eigenvalue weighted by Crippen LogP contribution is -2.47. The van der Waals surface area contributed by atoms with Gasteiger partial charge in [-0.3, -0.25) is 15.0 Å². The first-order valence-electron chi connectivity index (χ1n) is 6.31. The highest BCUT2D eigenvalue weighted by Crippen LogP contribution is 2.37. The molecule has 1 fully saturated rings. The number of benzene rings is 1. The van der Waals surface area contributed by atoms with Gasteiger partial charge in [-0.25, -0.2) is 13.2 Å². The summed E-state index contributed by atoms with van der Waals surface area (Å²) in [5.41, 5.74) is -1.13. The SMILES string of the molecule is Cl.Cl.O=[N+]([O-])c1cc(F)c(O)c([C@@H](C(F)F)N2CCNCC2)c1. The van der Waals surface area contributed by atoms with Crippen LogP contribution >= 0.6 is 24.8 Å². The Kier molecular flexibility index (Phi) is 8.60. The molecule has 1 saturated heterocycles. The predicted octanol–water partition coefficient (Wildman–Crippen LogP) is 2.49. The van der Waals surface area contributed by atoms with Crippen LogP contribution in [-0.2, 0) is 0 Å². The van der Waals surface area contributed by atoms with E-state index in [1.165, 1.54) is 4.90 Å². The number of rotatable bonds is 4. The summed E-state index contributed by atoms with van der Waals surface area (Å²) in [6.45, 7) is 1.50. The molecule has 0 amide bonds. The fraction of sp³-hybridized carbons (Fsp3) is 0.500. The molecule has 0 radical (unpaired) electrons. The molecule has 0 unspecified atom stereocenters. The molecule has 1 aromatic rings. The van der Waals surface area contributed by atoms with Crippen LogP contribution in [0.4, 0.5) is 18.9 Å². The van der Waals surface area contributed by atoms with Crippen LogP contribution < -0.4 is 5.32 Å². The van der Waals surface area contributed by atoms with Crippen molar-refractivity contribution >= 4 is 30.5 Å². The topological polar surface area (TPSA) is 78.6 Å². The molecule has 1 heterocycles. The number of piperazine rings is 1. The van der Waals surface area contributed by atoms with Crippen molar-refractivity contribution in [1.82, 2.24) is 10.2 Å². The lowest BCUT2D eigenvalue weighted by molar-refractivity contribution is -0.385. The molecule has 1 atom stereocenters. The first-order valence-corrected chi connectivity index (χ1v) is 6.31. The molecule has 0 spiro atoms. The Bertz CT molecular complexity index is 546. The highest BCUT2D eigenvalue weighted by molar-refractivity contribution is 5.85. The molecule has 2 rings (SSSR count). The Morgan fingerprint density at radius 3 is 2.30 bits per heavy atom. The number of non-ortho nitro benzene ring substituents is 1. The van der Waals surface area contributed by atoms with E-state index in [1.807, 2.05) is 0 Å². The van der Waals surface area contributed by atoms with Gasteiger partial charge in [0.2, 0.25) is 0 Å². The Morgan fingerprint density at radius 2 is 1.83 bits per heavy atom. The number of alkyl halides is 2. The monoisotopic (exact) mass is 377 g/mol. The quantitative estimate of drug-likeness (QED) is 0.622. The number of aromatic hydroxyl groups is 1. The fourth-order valence-electron chi connectivity index (χ4n) is 2.39. The first kappa shape index (κ1) is 21.7. The van der Waals surface area contributed by atoms with Crippen LogP contribution in [0.2, 0.25) is 0 Å². The summed E-state index contributed by atoms with van der Waals surface area (Å²) >= 11 is 0. The van der Waals surface area contributed by atoms with Crippen LogP contribution in [-0.4, -0.2) is 47.5 Å². The number of hydrogen-bond donors (Lipinski definition) is 2. The van der Waals surface area contributed by atoms with Gasteiger partial charge >= 0.3 is 0 Å². The highest BCUT2D eigenvalue weighted by Gasteiger charge is 2.34. The zero-order chi connectivity index (χ0) is 15.6. The van der Waals surface area contributed by atoms with E-state index in [9.17, 15) is 28.4 Å². The van der Waals surface area contributed by atoms with Gasteiger partial charge in [0.05, 0.1) is 11.0 Å². The molecule has 0 bridgehead atoms. The van der Waals surface area contributed by atoms with Crippen molar-refractivity contribution in [2.24, 2.45) is 0 Å². The minimum Gasteiger partial charge on any atom is -0.505 e. The van der Waals surface area contributed by atoms with Crippen molar-refractivity contribution in [2.75, 3.05) is 26.2 Å². The maximum Gasteiger partial charge on any atom is 0.272 e. The summed E-state index contributed by atoms with van der Waals surface area (Å²) in [6.07, 6.45) is -2.91. The number of phenols is 1. The van der Waals surface area contributed by atoms with Gasteiger partial charge in [-0.2, -0.15) is 0 Å². The predicted molar refractivity (Wildman–Crippen MR) is 82.4 cm³/mol. The van der Waals surface area contributed by atoms with E-state index < -0.39 is 40.2 Å². The van der Waals surface area contributed by atoms with Crippen LogP contribution in [0.15, 0.2) is 12.1 Å². The zero-order valence-electron chi connectivity index (χ0n) is 11.7. The third-order valence-corrected chi connectivity index (χ3v) is 3.39. The van der Waals surface area contributed by atoms with Crippen molar-refractivity contribution < 1.29 is 23.2 Å². The highest BCUT2D eigenvalue weighted by atomic mass is 35.5. The number of phenolic OH excluding ortho intramolecular Hbond substituents is 1. The molecule has 1 aromatic carbocycles. The minimum absolute atomic E-state index is 0. The van der Waals surface area contributed by atoms with Crippen molar-refractivity contribution in [3.8, 4) is 5.75 Å². The second kappa shape index (κ2) is 9.11. The molecule has 0 aromatic heterocycles. The molecule has 11 heteroatoms. The largest absolute Gasteiger partial charge is 0.505 e. The van der Waals surface area contributed by atoms with Gasteiger partial charge in [0, 0.05) is 37.8 Å². The van der Waals surface area contributed by atoms with Gasteiger partial charge in [0.15, 0.2) is 11.6 Å². The molecule has 0 aliphatic carbocycles. The number of nitrogens with zero attached hydrogens (tertiary/aromatic N) is 2. The van der Waals surface area contributed by atoms with Crippen LogP contribution in [0.25, 0.3) is 0 Å². The number of nitrogens with one attached hydrogen (secondary N) is 1. The van der Waals surface area contributed by atoms with Gasteiger partial charge < -0.3 is 10.4 Å². The van der Waals surface area contributed by atoms with Gasteiger partial charge in [-0.05, 0) is 0 Å². The lowest BCUT2D eigenvalue weighted by atomic mass is 10.0. The Balaban J connectivity index is 0.00000242. The standard InChI is InChI=1S/C12H14F3N3O3.2ClH/c13-9-6-7(18(20)21)5-8(11(9)19)10(12(14)15)17-3-1-16-2-4-17;;/h5-6,10,12,16,19H,1-4H2;2*1H/t10-;;/m0../s1. The van der Waals surface area contributed by atoms with Gasteiger partial charge in [-0.15, -0.1) is 24.8 Å². The Labute approximate surface area is 142 Å². The molecule has 1 aliphatic heterocycles. The molecule has 2 N–H and O–H groups in total. The van der Waals surface area contributed by atoms with Crippen LogP contribution in [0.5, 0.6) is 5.75 Å². The van der Waals surface area contributed by atoms with Gasteiger partial charge in [0.25, 0.3) is 12.1 Å². The van der Waals surface area contributed by atoms with Crippen molar-refractivity contribution in [3.05, 3.63) is 33.6 Å². The Morgan fingerprint density at radius 1 is 1.26 bits per heavy atom. The number of hydrogen-bond acceptors (Lipinski definition) is 5. The molecule has 132 valence electrons. The van der Waals surface area contributed by atoms with Crippen LogP contribution in [0, 0.1) is 15.9 Å². The fourth-order valence-corrected chi connectivity index (χ4v) is 2.39. The lowest BCUT2D eigenvalue weighted by Gasteiger charge is -2.34. The molecular formula is C12H16Cl2F3N3O3. The third kappa shape index (κ3) is 4.84. The van der Waals surface area contributed by atoms with E-state index in [0.717, 1.165) is 6.07 Å². The van der Waals surface area contributed by atoms with Crippen LogP contribution in [0.3, 0.4) is 0 Å². The second-order valence-electron chi connectivity index (χ2n) is 4.69. The maximum atomic E-state index is 13.6. The molecule has 1 aliphatic rings. The van der Waals surface area contributed by atoms with E-state index >= 15 is 0 Å². The summed E-state index contributed by atoms with van der Waals surface area (Å²) in [7, 11) is 0. The van der Waals surface area contributed by atoms with Crippen LogP contribution in [0.1, 0.15) is 11.6 Å². The maximum absolute atomic E-state index is 13.6. The molecule has 0 saturated carbocycles. The second-order valence-corrected chi connectivity index (χ2v) is 4.69. The third-order valence-electron chi connectivity index (χ3n) is 3.39. The summed E-state index contributed by atoms with van der Waals surface area (Å²) in [6, 6.07) is -0.266. The number of nitro benzene ring substituents is 1. The van der Waals surface area contributed by atoms with Crippen molar-refractivity contribution in [1.29, 1.82) is 0 Å². The Hall–Kier alpha value is -1.29. The number of nitro groups is 1. The van der Waals surface area contributed by atoms with Crippen molar-refractivity contribution in [2.45, 2.75) is 12.5 Å². The molecule has 23 heavy (non-hydrogen) atoms. The molecular weight excluding hydrogens is 362 g/mol. The number of halogens is 5. The van der Waals surface area contributed by atoms with E-state index in [2.05, 4.69) is 5.32 Å². The van der Waals surface area contributed by atoms with Gasteiger partial charge in [-0.1, -0.05) is 0 Å².